The molecule has 1 amide bonds. The monoisotopic (exact) mass is 623 g/mol. The SMILES string of the molecule is Cc1cc(C(O)C(C(=O)NC(C(C)C)C(OC(=O)C(C)(C)C)C(F)(F)F)n2c(-c3cccs3)ncc(N)c2=O)cc(C)n1. The second-order valence-electron chi connectivity index (χ2n) is 11.7. The highest BCUT2D eigenvalue weighted by molar-refractivity contribution is 7.13. The molecule has 0 aliphatic rings. The largest absolute Gasteiger partial charge is 0.450 e. The Labute approximate surface area is 251 Å². The highest BCUT2D eigenvalue weighted by Crippen LogP contribution is 2.34. The Bertz CT molecular complexity index is 1500. The van der Waals surface area contributed by atoms with Gasteiger partial charge in [-0.05, 0) is 69.7 Å². The van der Waals surface area contributed by atoms with Gasteiger partial charge in [0.05, 0.1) is 22.5 Å². The number of aliphatic hydroxyl groups is 1. The molecule has 3 heterocycles. The summed E-state index contributed by atoms with van der Waals surface area (Å²) in [5.41, 5.74) is 4.58. The molecule has 0 fully saturated rings. The molecule has 4 N–H and O–H groups in total. The van der Waals surface area contributed by atoms with Crippen LogP contribution in [0.4, 0.5) is 18.9 Å². The Kier molecular flexibility index (Phi) is 10.1. The zero-order valence-electron chi connectivity index (χ0n) is 24.9. The lowest BCUT2D eigenvalue weighted by atomic mass is 9.94. The molecule has 3 rings (SSSR count). The van der Waals surface area contributed by atoms with Crippen molar-refractivity contribution in [1.82, 2.24) is 19.9 Å². The molecule has 3 aromatic rings. The Morgan fingerprint density at radius 2 is 1.74 bits per heavy atom. The zero-order chi connectivity index (χ0) is 32.4. The number of esters is 1. The number of nitrogens with two attached hydrogens (primary N) is 1. The third kappa shape index (κ3) is 7.79. The summed E-state index contributed by atoms with van der Waals surface area (Å²) in [7, 11) is 0. The third-order valence-corrected chi connectivity index (χ3v) is 7.44. The number of amides is 1. The number of aromatic nitrogens is 3. The van der Waals surface area contributed by atoms with E-state index in [9.17, 15) is 32.7 Å². The smallest absolute Gasteiger partial charge is 0.427 e. The van der Waals surface area contributed by atoms with E-state index in [1.165, 1.54) is 58.1 Å². The van der Waals surface area contributed by atoms with E-state index in [-0.39, 0.29) is 17.1 Å². The Morgan fingerprint density at radius 3 is 2.23 bits per heavy atom. The number of thiophene rings is 1. The van der Waals surface area contributed by atoms with Crippen LogP contribution in [0.15, 0.2) is 40.6 Å². The fraction of sp³-hybridized carbons (Fsp3) is 0.483. The predicted molar refractivity (Wildman–Crippen MR) is 156 cm³/mol. The minimum Gasteiger partial charge on any atom is -0.450 e. The Balaban J connectivity index is 2.22. The van der Waals surface area contributed by atoms with Crippen molar-refractivity contribution < 1.29 is 32.6 Å². The van der Waals surface area contributed by atoms with Crippen molar-refractivity contribution in [2.45, 2.75) is 78.9 Å². The van der Waals surface area contributed by atoms with Gasteiger partial charge in [-0.1, -0.05) is 19.9 Å². The van der Waals surface area contributed by atoms with Gasteiger partial charge in [-0.2, -0.15) is 13.2 Å². The summed E-state index contributed by atoms with van der Waals surface area (Å²) >= 11 is 1.19. The molecule has 3 aromatic heterocycles. The van der Waals surface area contributed by atoms with Crippen LogP contribution in [0.1, 0.15) is 63.7 Å². The van der Waals surface area contributed by atoms with Gasteiger partial charge in [-0.25, -0.2) is 4.98 Å². The van der Waals surface area contributed by atoms with Gasteiger partial charge >= 0.3 is 12.1 Å². The maximum absolute atomic E-state index is 14.4. The van der Waals surface area contributed by atoms with E-state index in [1.54, 1.807) is 31.4 Å². The summed E-state index contributed by atoms with van der Waals surface area (Å²) in [5.74, 6) is -3.19. The van der Waals surface area contributed by atoms with Crippen molar-refractivity contribution in [3.8, 4) is 10.7 Å². The normalized spacial score (nSPS) is 15.1. The van der Waals surface area contributed by atoms with Crippen LogP contribution in [-0.4, -0.2) is 49.8 Å². The van der Waals surface area contributed by atoms with Crippen molar-refractivity contribution in [3.05, 3.63) is 63.1 Å². The Hall–Kier alpha value is -3.78. The third-order valence-electron chi connectivity index (χ3n) is 6.57. The second kappa shape index (κ2) is 12.8. The number of halogens is 3. The quantitative estimate of drug-likeness (QED) is 0.295. The molecule has 0 spiro atoms. The van der Waals surface area contributed by atoms with Gasteiger partial charge in [0.1, 0.15) is 17.8 Å². The van der Waals surface area contributed by atoms with E-state index in [0.29, 0.717) is 16.3 Å². The van der Waals surface area contributed by atoms with Crippen LogP contribution < -0.4 is 16.6 Å². The van der Waals surface area contributed by atoms with E-state index in [4.69, 9.17) is 10.5 Å². The van der Waals surface area contributed by atoms with Crippen molar-refractivity contribution in [1.29, 1.82) is 0 Å². The van der Waals surface area contributed by atoms with Crippen LogP contribution in [0.2, 0.25) is 0 Å². The molecule has 0 aliphatic carbocycles. The fourth-order valence-electron chi connectivity index (χ4n) is 4.43. The molecule has 43 heavy (non-hydrogen) atoms. The van der Waals surface area contributed by atoms with Gasteiger partial charge in [0.15, 0.2) is 5.82 Å². The summed E-state index contributed by atoms with van der Waals surface area (Å²) in [4.78, 5) is 49.2. The van der Waals surface area contributed by atoms with Crippen molar-refractivity contribution in [3.63, 3.8) is 0 Å². The maximum Gasteiger partial charge on any atom is 0.427 e. The summed E-state index contributed by atoms with van der Waals surface area (Å²) in [5, 5.41) is 15.7. The first-order valence-electron chi connectivity index (χ1n) is 13.4. The summed E-state index contributed by atoms with van der Waals surface area (Å²) < 4.78 is 48.9. The molecule has 234 valence electrons. The average Bonchev–Trinajstić information content (AvgIpc) is 3.41. The number of carbonyl (C=O) groups excluding carboxylic acids is 2. The molecule has 0 radical (unpaired) electrons. The number of carbonyl (C=O) groups is 2. The molecule has 4 atom stereocenters. The molecule has 0 aromatic carbocycles. The first-order chi connectivity index (χ1) is 19.8. The van der Waals surface area contributed by atoms with Crippen LogP contribution in [0.25, 0.3) is 10.7 Å². The number of aliphatic hydroxyl groups excluding tert-OH is 1. The Morgan fingerprint density at radius 1 is 1.14 bits per heavy atom. The van der Waals surface area contributed by atoms with Crippen molar-refractivity contribution in [2.24, 2.45) is 11.3 Å². The van der Waals surface area contributed by atoms with Gasteiger partial charge in [-0.15, -0.1) is 11.3 Å². The highest BCUT2D eigenvalue weighted by atomic mass is 32.1. The van der Waals surface area contributed by atoms with E-state index in [0.717, 1.165) is 10.8 Å². The first-order valence-corrected chi connectivity index (χ1v) is 14.3. The molecule has 0 saturated heterocycles. The lowest BCUT2D eigenvalue weighted by Crippen LogP contribution is -2.57. The van der Waals surface area contributed by atoms with Gasteiger partial charge in [0.25, 0.3) is 5.56 Å². The van der Waals surface area contributed by atoms with Crippen LogP contribution in [-0.2, 0) is 14.3 Å². The zero-order valence-corrected chi connectivity index (χ0v) is 25.7. The number of nitrogens with zero attached hydrogens (tertiary/aromatic N) is 3. The number of rotatable bonds is 9. The van der Waals surface area contributed by atoms with E-state index < -0.39 is 59.2 Å². The lowest BCUT2D eigenvalue weighted by Gasteiger charge is -2.35. The number of hydrogen-bond acceptors (Lipinski definition) is 9. The molecule has 10 nitrogen and oxygen atoms in total. The molecular weight excluding hydrogens is 587 g/mol. The fourth-order valence-corrected chi connectivity index (χ4v) is 5.15. The summed E-state index contributed by atoms with van der Waals surface area (Å²) in [6.45, 7) is 10.4. The first kappa shape index (κ1) is 33.7. The summed E-state index contributed by atoms with van der Waals surface area (Å²) in [6.07, 6.45) is -8.43. The van der Waals surface area contributed by atoms with Crippen molar-refractivity contribution in [2.75, 3.05) is 5.73 Å². The highest BCUT2D eigenvalue weighted by Gasteiger charge is 2.51. The number of anilines is 1. The number of hydrogen-bond donors (Lipinski definition) is 3. The van der Waals surface area contributed by atoms with Crippen LogP contribution in [0.5, 0.6) is 0 Å². The summed E-state index contributed by atoms with van der Waals surface area (Å²) in [6, 6.07) is 2.68. The molecular formula is C29H36F3N5O5S. The number of pyridine rings is 1. The second-order valence-corrected chi connectivity index (χ2v) is 12.6. The van der Waals surface area contributed by atoms with Gasteiger partial charge in [0, 0.05) is 11.4 Å². The van der Waals surface area contributed by atoms with Crippen LogP contribution in [0, 0.1) is 25.2 Å². The number of ether oxygens (including phenoxy) is 1. The minimum absolute atomic E-state index is 0.0245. The number of nitrogens with one attached hydrogen (secondary N) is 1. The predicted octanol–water partition coefficient (Wildman–Crippen LogP) is 4.50. The van der Waals surface area contributed by atoms with Crippen LogP contribution >= 0.6 is 11.3 Å². The van der Waals surface area contributed by atoms with Crippen LogP contribution in [0.3, 0.4) is 0 Å². The molecule has 0 saturated carbocycles. The van der Waals surface area contributed by atoms with Crippen molar-refractivity contribution >= 4 is 28.9 Å². The van der Waals surface area contributed by atoms with Gasteiger partial charge in [-0.3, -0.25) is 23.9 Å². The van der Waals surface area contributed by atoms with E-state index in [1.807, 2.05) is 0 Å². The standard InChI is InChI=1S/C29H36F3N5O5S/c1-14(2)20(23(29(30,31)32)42-27(41)28(5,6)7)36-25(39)21(22(38)17-11-15(3)35-16(4)12-17)37-24(19-9-8-10-43-19)34-13-18(33)26(37)40/h8-14,20-23,38H,33H2,1-7H3,(H,36,39). The number of nitrogen functional groups attached to an aromatic ring is 1. The molecule has 0 aliphatic heterocycles. The lowest BCUT2D eigenvalue weighted by molar-refractivity contribution is -0.234. The van der Waals surface area contributed by atoms with E-state index >= 15 is 0 Å². The minimum atomic E-state index is -5.06. The number of aryl methyl sites for hydroxylation is 2. The van der Waals surface area contributed by atoms with Gasteiger partial charge in [0.2, 0.25) is 12.0 Å². The van der Waals surface area contributed by atoms with E-state index in [2.05, 4.69) is 15.3 Å². The topological polar surface area (TPSA) is 149 Å². The van der Waals surface area contributed by atoms with Gasteiger partial charge < -0.3 is 20.9 Å². The number of alkyl halides is 3. The molecule has 0 bridgehead atoms. The molecule has 14 heteroatoms. The maximum atomic E-state index is 14.4. The average molecular weight is 624 g/mol. The molecule has 4 unspecified atom stereocenters.